The third-order valence-electron chi connectivity index (χ3n) is 4.31. The van der Waals surface area contributed by atoms with Gasteiger partial charge in [0, 0.05) is 11.0 Å². The number of fused-ring (bicyclic) bond motifs is 1. The number of aliphatic carboxylic acids is 1. The molecule has 0 aromatic heterocycles. The quantitative estimate of drug-likeness (QED) is 0.840. The molecule has 0 saturated heterocycles. The first-order chi connectivity index (χ1) is 9.86. The third kappa shape index (κ3) is 3.34. The lowest BCUT2D eigenvalue weighted by Gasteiger charge is -2.28. The molecule has 0 saturated carbocycles. The van der Waals surface area contributed by atoms with Crippen molar-refractivity contribution >= 4 is 17.6 Å². The molecule has 3 nitrogen and oxygen atoms in total. The summed E-state index contributed by atoms with van der Waals surface area (Å²) in [7, 11) is 1.60. The summed E-state index contributed by atoms with van der Waals surface area (Å²) < 4.78 is 5.53. The topological polar surface area (TPSA) is 46.5 Å². The van der Waals surface area contributed by atoms with Crippen molar-refractivity contribution in [2.24, 2.45) is 0 Å². The number of benzene rings is 1. The first-order valence-corrected chi connectivity index (χ1v) is 7.85. The van der Waals surface area contributed by atoms with Crippen molar-refractivity contribution in [2.45, 2.75) is 57.8 Å². The van der Waals surface area contributed by atoms with E-state index in [2.05, 4.69) is 6.07 Å². The van der Waals surface area contributed by atoms with E-state index in [-0.39, 0.29) is 6.42 Å². The van der Waals surface area contributed by atoms with Crippen LogP contribution in [0.25, 0.3) is 0 Å². The summed E-state index contributed by atoms with van der Waals surface area (Å²) in [5, 5.41) is 9.82. The van der Waals surface area contributed by atoms with Gasteiger partial charge in [0.25, 0.3) is 0 Å². The number of rotatable bonds is 4. The molecule has 4 heteroatoms. The van der Waals surface area contributed by atoms with Crippen molar-refractivity contribution in [1.29, 1.82) is 0 Å². The van der Waals surface area contributed by atoms with Gasteiger partial charge in [0.15, 0.2) is 0 Å². The molecular weight excluding hydrogens is 288 g/mol. The number of aryl methyl sites for hydroxylation is 1. The van der Waals surface area contributed by atoms with E-state index in [1.807, 2.05) is 13.8 Å². The Hall–Kier alpha value is -1.22. The molecule has 0 atom stereocenters. The van der Waals surface area contributed by atoms with Crippen LogP contribution >= 0.6 is 11.6 Å². The van der Waals surface area contributed by atoms with Gasteiger partial charge in [-0.3, -0.25) is 4.79 Å². The van der Waals surface area contributed by atoms with Crippen LogP contribution in [-0.2, 0) is 23.1 Å². The molecular formula is C17H23ClO3. The number of hydrogen-bond acceptors (Lipinski definition) is 2. The van der Waals surface area contributed by atoms with Gasteiger partial charge in [-0.05, 0) is 36.8 Å². The minimum absolute atomic E-state index is 0.0540. The van der Waals surface area contributed by atoms with E-state index in [0.29, 0.717) is 10.8 Å². The van der Waals surface area contributed by atoms with Gasteiger partial charge in [0.05, 0.1) is 18.6 Å². The Balaban J connectivity index is 2.58. The highest BCUT2D eigenvalue weighted by atomic mass is 35.5. The number of hydrogen-bond donors (Lipinski definition) is 1. The summed E-state index contributed by atoms with van der Waals surface area (Å²) in [4.78, 5) is 11.1. The van der Waals surface area contributed by atoms with Gasteiger partial charge in [-0.25, -0.2) is 0 Å². The largest absolute Gasteiger partial charge is 0.495 e. The summed E-state index contributed by atoms with van der Waals surface area (Å²) in [6.07, 6.45) is 5.56. The van der Waals surface area contributed by atoms with Crippen molar-refractivity contribution < 1.29 is 14.6 Å². The predicted octanol–water partition coefficient (Wildman–Crippen LogP) is 4.37. The van der Waals surface area contributed by atoms with Crippen LogP contribution in [0.5, 0.6) is 5.75 Å². The highest BCUT2D eigenvalue weighted by molar-refractivity contribution is 6.33. The zero-order chi connectivity index (χ0) is 15.6. The summed E-state index contributed by atoms with van der Waals surface area (Å²) in [5.74, 6) is -0.170. The van der Waals surface area contributed by atoms with E-state index in [0.717, 1.165) is 31.2 Å². The van der Waals surface area contributed by atoms with Crippen LogP contribution in [0.2, 0.25) is 5.02 Å². The van der Waals surface area contributed by atoms with Crippen molar-refractivity contribution in [1.82, 2.24) is 0 Å². The molecule has 1 aliphatic carbocycles. The molecule has 116 valence electrons. The van der Waals surface area contributed by atoms with E-state index in [1.165, 1.54) is 17.5 Å². The normalized spacial score (nSPS) is 15.2. The lowest BCUT2D eigenvalue weighted by molar-refractivity contribution is -0.138. The number of carboxylic acids is 1. The van der Waals surface area contributed by atoms with Gasteiger partial charge in [-0.1, -0.05) is 37.9 Å². The van der Waals surface area contributed by atoms with Gasteiger partial charge < -0.3 is 9.84 Å². The van der Waals surface area contributed by atoms with Crippen LogP contribution in [0.3, 0.4) is 0 Å². The Kier molecular flexibility index (Phi) is 4.82. The maximum atomic E-state index is 11.1. The molecule has 21 heavy (non-hydrogen) atoms. The number of methoxy groups -OCH3 is 1. The molecule has 1 N–H and O–H groups in total. The number of carboxylic acid groups (broad SMARTS) is 1. The van der Waals surface area contributed by atoms with Gasteiger partial charge >= 0.3 is 5.97 Å². The molecule has 0 unspecified atom stereocenters. The maximum Gasteiger partial charge on any atom is 0.304 e. The summed E-state index contributed by atoms with van der Waals surface area (Å²) >= 11 is 6.57. The van der Waals surface area contributed by atoms with Gasteiger partial charge in [0.2, 0.25) is 0 Å². The number of carbonyl (C=O) groups is 1. The molecule has 0 fully saturated rings. The predicted molar refractivity (Wildman–Crippen MR) is 84.5 cm³/mol. The van der Waals surface area contributed by atoms with Crippen molar-refractivity contribution in [3.8, 4) is 5.75 Å². The first kappa shape index (κ1) is 16.2. The Morgan fingerprint density at radius 1 is 1.33 bits per heavy atom. The monoisotopic (exact) mass is 310 g/mol. The van der Waals surface area contributed by atoms with Crippen LogP contribution in [0.15, 0.2) is 6.07 Å². The Morgan fingerprint density at radius 3 is 2.62 bits per heavy atom. The second-order valence-corrected chi connectivity index (χ2v) is 6.80. The number of halogens is 1. The molecule has 1 aliphatic rings. The second-order valence-electron chi connectivity index (χ2n) is 6.42. The van der Waals surface area contributed by atoms with E-state index in [4.69, 9.17) is 21.4 Å². The molecule has 0 radical (unpaired) electrons. The van der Waals surface area contributed by atoms with E-state index >= 15 is 0 Å². The highest BCUT2D eigenvalue weighted by Gasteiger charge is 2.31. The van der Waals surface area contributed by atoms with Crippen LogP contribution in [-0.4, -0.2) is 18.2 Å². The fourth-order valence-corrected chi connectivity index (χ4v) is 3.58. The fourth-order valence-electron chi connectivity index (χ4n) is 3.19. The van der Waals surface area contributed by atoms with E-state index < -0.39 is 11.4 Å². The Bertz CT molecular complexity index is 549. The molecule has 0 spiro atoms. The SMILES string of the molecule is COc1c(C(C)(C)CC(=O)O)cc2c(c1Cl)CCCCC2. The second kappa shape index (κ2) is 6.27. The molecule has 2 rings (SSSR count). The first-order valence-electron chi connectivity index (χ1n) is 7.47. The molecule has 1 aromatic carbocycles. The van der Waals surface area contributed by atoms with Crippen LogP contribution in [0, 0.1) is 0 Å². The zero-order valence-corrected chi connectivity index (χ0v) is 13.7. The van der Waals surface area contributed by atoms with Crippen molar-refractivity contribution in [3.05, 3.63) is 27.8 Å². The van der Waals surface area contributed by atoms with Crippen LogP contribution in [0.1, 0.15) is 56.2 Å². The summed E-state index contributed by atoms with van der Waals surface area (Å²) in [6.45, 7) is 3.86. The highest BCUT2D eigenvalue weighted by Crippen LogP contribution is 2.43. The fraction of sp³-hybridized carbons (Fsp3) is 0.588. The average Bonchev–Trinajstić information content (AvgIpc) is 2.62. The van der Waals surface area contributed by atoms with Gasteiger partial charge in [-0.15, -0.1) is 0 Å². The number of ether oxygens (including phenoxy) is 1. The van der Waals surface area contributed by atoms with Gasteiger partial charge in [0.1, 0.15) is 5.75 Å². The van der Waals surface area contributed by atoms with E-state index in [9.17, 15) is 4.79 Å². The van der Waals surface area contributed by atoms with Crippen LogP contribution < -0.4 is 4.74 Å². The minimum Gasteiger partial charge on any atom is -0.495 e. The van der Waals surface area contributed by atoms with Crippen molar-refractivity contribution in [3.63, 3.8) is 0 Å². The van der Waals surface area contributed by atoms with Crippen LogP contribution in [0.4, 0.5) is 0 Å². The molecule has 0 bridgehead atoms. The third-order valence-corrected chi connectivity index (χ3v) is 4.71. The minimum atomic E-state index is -0.812. The van der Waals surface area contributed by atoms with E-state index in [1.54, 1.807) is 7.11 Å². The Labute approximate surface area is 131 Å². The molecule has 1 aromatic rings. The lowest BCUT2D eigenvalue weighted by atomic mass is 9.79. The van der Waals surface area contributed by atoms with Gasteiger partial charge in [-0.2, -0.15) is 0 Å². The molecule has 0 heterocycles. The Morgan fingerprint density at radius 2 is 2.00 bits per heavy atom. The zero-order valence-electron chi connectivity index (χ0n) is 13.0. The smallest absolute Gasteiger partial charge is 0.304 e. The van der Waals surface area contributed by atoms with Crippen molar-refractivity contribution in [2.75, 3.05) is 7.11 Å². The summed E-state index contributed by atoms with van der Waals surface area (Å²) in [6, 6.07) is 2.12. The summed E-state index contributed by atoms with van der Waals surface area (Å²) in [5.41, 5.74) is 2.83. The lowest BCUT2D eigenvalue weighted by Crippen LogP contribution is -2.23. The molecule has 0 amide bonds. The molecule has 0 aliphatic heterocycles. The average molecular weight is 311 g/mol. The maximum absolute atomic E-state index is 11.1. The standard InChI is InChI=1S/C17H23ClO3/c1-17(2,10-14(19)20)13-9-11-7-5-4-6-8-12(11)15(18)16(13)21-3/h9H,4-8,10H2,1-3H3,(H,19,20).